The lowest BCUT2D eigenvalue weighted by molar-refractivity contribution is 0.1000. The first-order valence-corrected chi connectivity index (χ1v) is 7.33. The molecule has 0 aromatic heterocycles. The molecule has 2 rings (SSSR count). The number of hydrogen-bond acceptors (Lipinski definition) is 2. The van der Waals surface area contributed by atoms with Crippen LogP contribution in [0.15, 0.2) is 42.5 Å². The molecule has 2 aromatic carbocycles. The maximum atomic E-state index is 11.2. The van der Waals surface area contributed by atoms with Gasteiger partial charge in [0.25, 0.3) is 0 Å². The van der Waals surface area contributed by atoms with E-state index in [9.17, 15) is 4.79 Å². The van der Waals surface area contributed by atoms with E-state index in [-0.39, 0.29) is 5.91 Å². The Morgan fingerprint density at radius 2 is 1.90 bits per heavy atom. The number of primary amides is 1. The second-order valence-electron chi connectivity index (χ2n) is 5.27. The Kier molecular flexibility index (Phi) is 4.99. The highest BCUT2D eigenvalue weighted by Gasteiger charge is 2.05. The van der Waals surface area contributed by atoms with Crippen molar-refractivity contribution in [2.45, 2.75) is 33.2 Å². The van der Waals surface area contributed by atoms with Gasteiger partial charge in [-0.3, -0.25) is 4.79 Å². The lowest BCUT2D eigenvalue weighted by atomic mass is 10.0. The Bertz CT molecular complexity index is 635. The van der Waals surface area contributed by atoms with E-state index >= 15 is 0 Å². The summed E-state index contributed by atoms with van der Waals surface area (Å²) < 4.78 is 0. The molecule has 3 heteroatoms. The Labute approximate surface area is 126 Å². The number of carbonyl (C=O) groups is 1. The van der Waals surface area contributed by atoms with Gasteiger partial charge in [0.05, 0.1) is 0 Å². The third-order valence-electron chi connectivity index (χ3n) is 3.63. The number of hydrogen-bond donors (Lipinski definition) is 2. The summed E-state index contributed by atoms with van der Waals surface area (Å²) in [7, 11) is 0. The summed E-state index contributed by atoms with van der Waals surface area (Å²) in [5.41, 5.74) is 10.6. The van der Waals surface area contributed by atoms with E-state index < -0.39 is 0 Å². The van der Waals surface area contributed by atoms with Crippen LogP contribution < -0.4 is 11.1 Å². The minimum Gasteiger partial charge on any atom is -0.381 e. The zero-order valence-electron chi connectivity index (χ0n) is 12.6. The summed E-state index contributed by atoms with van der Waals surface area (Å²) in [6.45, 7) is 4.93. The van der Waals surface area contributed by atoms with Crippen LogP contribution in [0.25, 0.3) is 0 Å². The van der Waals surface area contributed by atoms with Crippen molar-refractivity contribution in [1.29, 1.82) is 0 Å². The van der Waals surface area contributed by atoms with Gasteiger partial charge in [-0.15, -0.1) is 0 Å². The summed E-state index contributed by atoms with van der Waals surface area (Å²) >= 11 is 0. The van der Waals surface area contributed by atoms with Gasteiger partial charge >= 0.3 is 0 Å². The molecule has 0 aliphatic rings. The van der Waals surface area contributed by atoms with Gasteiger partial charge in [0.1, 0.15) is 0 Å². The van der Waals surface area contributed by atoms with Gasteiger partial charge in [0, 0.05) is 17.8 Å². The third-order valence-corrected chi connectivity index (χ3v) is 3.63. The maximum Gasteiger partial charge on any atom is 0.248 e. The van der Waals surface area contributed by atoms with Crippen molar-refractivity contribution in [2.24, 2.45) is 5.73 Å². The monoisotopic (exact) mass is 282 g/mol. The molecule has 0 saturated carbocycles. The van der Waals surface area contributed by atoms with Crippen LogP contribution in [-0.4, -0.2) is 5.91 Å². The molecule has 0 aliphatic heterocycles. The van der Waals surface area contributed by atoms with Crippen LogP contribution in [0.2, 0.25) is 0 Å². The first kappa shape index (κ1) is 15.1. The van der Waals surface area contributed by atoms with E-state index in [1.165, 1.54) is 16.8 Å². The lowest BCUT2D eigenvalue weighted by Crippen LogP contribution is -2.12. The van der Waals surface area contributed by atoms with Crippen molar-refractivity contribution >= 4 is 11.6 Å². The van der Waals surface area contributed by atoms with Crippen LogP contribution in [0.1, 0.15) is 40.4 Å². The molecular weight excluding hydrogens is 260 g/mol. The molecule has 0 unspecified atom stereocenters. The fourth-order valence-corrected chi connectivity index (χ4v) is 2.42. The van der Waals surface area contributed by atoms with Crippen LogP contribution in [0.3, 0.4) is 0 Å². The summed E-state index contributed by atoms with van der Waals surface area (Å²) in [4.78, 5) is 11.2. The molecule has 0 spiro atoms. The zero-order chi connectivity index (χ0) is 15.2. The molecule has 3 N–H and O–H groups in total. The average molecular weight is 282 g/mol. The van der Waals surface area contributed by atoms with Gasteiger partial charge in [0.2, 0.25) is 5.91 Å². The van der Waals surface area contributed by atoms with E-state index in [0.717, 1.165) is 24.9 Å². The van der Waals surface area contributed by atoms with Crippen LogP contribution in [0, 0.1) is 6.92 Å². The number of nitrogens with two attached hydrogens (primary N) is 1. The fourth-order valence-electron chi connectivity index (χ4n) is 2.42. The van der Waals surface area contributed by atoms with Crippen molar-refractivity contribution < 1.29 is 4.79 Å². The zero-order valence-corrected chi connectivity index (χ0v) is 12.6. The van der Waals surface area contributed by atoms with Crippen LogP contribution in [-0.2, 0) is 13.0 Å². The normalized spacial score (nSPS) is 10.4. The van der Waals surface area contributed by atoms with Crippen LogP contribution in [0.4, 0.5) is 5.69 Å². The molecule has 2 aromatic rings. The van der Waals surface area contributed by atoms with Crippen molar-refractivity contribution in [1.82, 2.24) is 0 Å². The number of para-hydroxylation sites is 1. The molecule has 21 heavy (non-hydrogen) atoms. The number of benzene rings is 2. The summed E-state index contributed by atoms with van der Waals surface area (Å²) in [6.07, 6.45) is 2.20. The average Bonchev–Trinajstić information content (AvgIpc) is 2.47. The van der Waals surface area contributed by atoms with Crippen molar-refractivity contribution in [3.8, 4) is 0 Å². The molecule has 0 bridgehead atoms. The first-order valence-electron chi connectivity index (χ1n) is 7.33. The highest BCUT2D eigenvalue weighted by Crippen LogP contribution is 2.19. The Balaban J connectivity index is 2.11. The molecule has 1 amide bonds. The molecule has 0 heterocycles. The van der Waals surface area contributed by atoms with Crippen molar-refractivity contribution in [2.75, 3.05) is 5.32 Å². The predicted octanol–water partition coefficient (Wildman–Crippen LogP) is 3.66. The Morgan fingerprint density at radius 3 is 2.57 bits per heavy atom. The highest BCUT2D eigenvalue weighted by atomic mass is 16.1. The minimum absolute atomic E-state index is 0.383. The van der Waals surface area contributed by atoms with Crippen LogP contribution in [0.5, 0.6) is 0 Å². The molecule has 0 atom stereocenters. The number of nitrogens with one attached hydrogen (secondary N) is 1. The second kappa shape index (κ2) is 6.93. The highest BCUT2D eigenvalue weighted by molar-refractivity contribution is 5.93. The molecular formula is C18H22N2O. The largest absolute Gasteiger partial charge is 0.381 e. The van der Waals surface area contributed by atoms with Gasteiger partial charge in [0.15, 0.2) is 0 Å². The number of aryl methyl sites for hydroxylation is 2. The van der Waals surface area contributed by atoms with E-state index in [0.29, 0.717) is 5.56 Å². The van der Waals surface area contributed by atoms with Crippen molar-refractivity contribution in [3.05, 3.63) is 64.7 Å². The maximum absolute atomic E-state index is 11.2. The topological polar surface area (TPSA) is 55.1 Å². The number of anilines is 1. The van der Waals surface area contributed by atoms with E-state index in [4.69, 9.17) is 5.73 Å². The predicted molar refractivity (Wildman–Crippen MR) is 87.5 cm³/mol. The molecule has 0 aliphatic carbocycles. The van der Waals surface area contributed by atoms with Gasteiger partial charge in [-0.1, -0.05) is 37.6 Å². The Hall–Kier alpha value is -2.29. The summed E-state index contributed by atoms with van der Waals surface area (Å²) in [6, 6.07) is 14.0. The lowest BCUT2D eigenvalue weighted by Gasteiger charge is -2.13. The number of amides is 1. The summed E-state index contributed by atoms with van der Waals surface area (Å²) in [5.74, 6) is -0.383. The molecule has 3 nitrogen and oxygen atoms in total. The van der Waals surface area contributed by atoms with Gasteiger partial charge in [-0.2, -0.15) is 0 Å². The van der Waals surface area contributed by atoms with E-state index in [1.54, 1.807) is 6.07 Å². The molecule has 0 radical (unpaired) electrons. The standard InChI is InChI=1S/C18H22N2O/c1-3-6-14-7-4-5-8-17(14)20-12-16-10-9-15(18(19)21)11-13(16)2/h4-5,7-11,20H,3,6,12H2,1-2H3,(H2,19,21). The molecule has 0 saturated heterocycles. The van der Waals surface area contributed by atoms with Crippen molar-refractivity contribution in [3.63, 3.8) is 0 Å². The smallest absolute Gasteiger partial charge is 0.248 e. The van der Waals surface area contributed by atoms with E-state index in [1.807, 2.05) is 25.1 Å². The third kappa shape index (κ3) is 3.85. The van der Waals surface area contributed by atoms with Gasteiger partial charge in [-0.05, 0) is 48.2 Å². The molecule has 110 valence electrons. The Morgan fingerprint density at radius 1 is 1.14 bits per heavy atom. The number of carbonyl (C=O) groups excluding carboxylic acids is 1. The SMILES string of the molecule is CCCc1ccccc1NCc1ccc(C(N)=O)cc1C. The number of rotatable bonds is 6. The quantitative estimate of drug-likeness (QED) is 0.849. The summed E-state index contributed by atoms with van der Waals surface area (Å²) in [5, 5.41) is 3.49. The van der Waals surface area contributed by atoms with Crippen LogP contribution >= 0.6 is 0 Å². The fraction of sp³-hybridized carbons (Fsp3) is 0.278. The van der Waals surface area contributed by atoms with Gasteiger partial charge in [-0.25, -0.2) is 0 Å². The minimum atomic E-state index is -0.383. The van der Waals surface area contributed by atoms with E-state index in [2.05, 4.69) is 30.4 Å². The molecule has 0 fully saturated rings. The van der Waals surface area contributed by atoms with Gasteiger partial charge < -0.3 is 11.1 Å². The first-order chi connectivity index (χ1) is 10.1. The second-order valence-corrected chi connectivity index (χ2v) is 5.27.